The van der Waals surface area contributed by atoms with Gasteiger partial charge in [-0.05, 0) is 34.1 Å². The molecule has 5 nitrogen and oxygen atoms in total. The Balaban J connectivity index is 1.59. The number of halogens is 3. The minimum atomic E-state index is -0.811. The van der Waals surface area contributed by atoms with Crippen molar-refractivity contribution in [2.24, 2.45) is 0 Å². The summed E-state index contributed by atoms with van der Waals surface area (Å²) in [6.45, 7) is 0.753. The highest BCUT2D eigenvalue weighted by Crippen LogP contribution is 2.21. The fraction of sp³-hybridized carbons (Fsp3) is 0.250. The van der Waals surface area contributed by atoms with Gasteiger partial charge in [-0.1, -0.05) is 6.07 Å². The van der Waals surface area contributed by atoms with Crippen LogP contribution in [0.1, 0.15) is 6.42 Å². The third-order valence-corrected chi connectivity index (χ3v) is 4.08. The molecular formula is C16H14BrF2N3O2. The van der Waals surface area contributed by atoms with E-state index in [-0.39, 0.29) is 6.10 Å². The maximum atomic E-state index is 13.6. The Bertz CT molecular complexity index is 722. The van der Waals surface area contributed by atoms with Crippen LogP contribution in [0.2, 0.25) is 0 Å². The quantitative estimate of drug-likeness (QED) is 0.856. The van der Waals surface area contributed by atoms with Crippen molar-refractivity contribution in [1.29, 1.82) is 0 Å². The lowest BCUT2D eigenvalue weighted by Crippen LogP contribution is -2.35. The first-order valence-electron chi connectivity index (χ1n) is 7.31. The lowest BCUT2D eigenvalue weighted by Gasteiger charge is -2.18. The largest absolute Gasteiger partial charge is 0.472 e. The highest BCUT2D eigenvalue weighted by atomic mass is 79.9. The van der Waals surface area contributed by atoms with Crippen LogP contribution in [-0.4, -0.2) is 35.1 Å². The molecule has 2 amide bonds. The van der Waals surface area contributed by atoms with Gasteiger partial charge in [0.2, 0.25) is 5.88 Å². The number of carbonyl (C=O) groups is 1. The average Bonchev–Trinajstić information content (AvgIpc) is 3.02. The van der Waals surface area contributed by atoms with Crippen LogP contribution in [-0.2, 0) is 0 Å². The number of nitrogens with zero attached hydrogens (tertiary/aromatic N) is 2. The molecule has 126 valence electrons. The first-order chi connectivity index (χ1) is 11.5. The maximum Gasteiger partial charge on any atom is 0.322 e. The first kappa shape index (κ1) is 16.6. The van der Waals surface area contributed by atoms with Gasteiger partial charge in [0.15, 0.2) is 0 Å². The number of urea groups is 1. The van der Waals surface area contributed by atoms with Gasteiger partial charge in [-0.25, -0.2) is 18.6 Å². The first-order valence-corrected chi connectivity index (χ1v) is 8.10. The molecule has 1 saturated heterocycles. The summed E-state index contributed by atoms with van der Waals surface area (Å²) in [6.07, 6.45) is 2.02. The van der Waals surface area contributed by atoms with E-state index in [1.807, 2.05) is 6.07 Å². The van der Waals surface area contributed by atoms with E-state index in [1.54, 1.807) is 12.3 Å². The van der Waals surface area contributed by atoms with Gasteiger partial charge in [0.1, 0.15) is 23.4 Å². The Kier molecular flexibility index (Phi) is 4.94. The third-order valence-electron chi connectivity index (χ3n) is 3.61. The number of para-hydroxylation sites is 1. The Labute approximate surface area is 145 Å². The van der Waals surface area contributed by atoms with Crippen molar-refractivity contribution in [3.8, 4) is 5.88 Å². The number of ether oxygens (including phenoxy) is 1. The molecule has 1 aromatic heterocycles. The van der Waals surface area contributed by atoms with Gasteiger partial charge in [-0.3, -0.25) is 0 Å². The van der Waals surface area contributed by atoms with Gasteiger partial charge in [0.05, 0.1) is 6.54 Å². The standard InChI is InChI=1S/C16H14BrF2N3O2/c17-10-4-5-14(20-8-10)24-11-6-7-22(9-11)16(23)21-15-12(18)2-1-3-13(15)19/h1-5,8,11H,6-7,9H2,(H,21,23)/t11-/m0/s1. The number of hydrogen-bond acceptors (Lipinski definition) is 3. The normalized spacial score (nSPS) is 17.0. The highest BCUT2D eigenvalue weighted by Gasteiger charge is 2.28. The number of anilines is 1. The fourth-order valence-electron chi connectivity index (χ4n) is 2.41. The molecule has 1 fully saturated rings. The summed E-state index contributed by atoms with van der Waals surface area (Å²) in [6, 6.07) is 6.39. The number of benzene rings is 1. The highest BCUT2D eigenvalue weighted by molar-refractivity contribution is 9.10. The molecule has 1 aromatic carbocycles. The van der Waals surface area contributed by atoms with Crippen molar-refractivity contribution >= 4 is 27.6 Å². The summed E-state index contributed by atoms with van der Waals surface area (Å²) in [5.74, 6) is -1.16. The number of amides is 2. The van der Waals surface area contributed by atoms with E-state index in [1.165, 1.54) is 11.0 Å². The van der Waals surface area contributed by atoms with Gasteiger partial charge < -0.3 is 15.0 Å². The number of pyridine rings is 1. The van der Waals surface area contributed by atoms with E-state index in [4.69, 9.17) is 4.74 Å². The lowest BCUT2D eigenvalue weighted by molar-refractivity contribution is 0.190. The molecule has 0 unspecified atom stereocenters. The number of aromatic nitrogens is 1. The van der Waals surface area contributed by atoms with Crippen molar-refractivity contribution in [1.82, 2.24) is 9.88 Å². The molecule has 1 N–H and O–H groups in total. The van der Waals surface area contributed by atoms with Crippen LogP contribution in [0.5, 0.6) is 5.88 Å². The van der Waals surface area contributed by atoms with Crippen LogP contribution in [0.3, 0.4) is 0 Å². The molecule has 0 radical (unpaired) electrons. The molecule has 1 aliphatic rings. The van der Waals surface area contributed by atoms with Crippen LogP contribution in [0, 0.1) is 11.6 Å². The molecule has 1 atom stereocenters. The van der Waals surface area contributed by atoms with Crippen molar-refractivity contribution < 1.29 is 18.3 Å². The zero-order valence-corrected chi connectivity index (χ0v) is 14.1. The van der Waals surface area contributed by atoms with Crippen LogP contribution in [0.4, 0.5) is 19.3 Å². The Morgan fingerprint density at radius 3 is 2.71 bits per heavy atom. The monoisotopic (exact) mass is 397 g/mol. The molecular weight excluding hydrogens is 384 g/mol. The van der Waals surface area contributed by atoms with E-state index >= 15 is 0 Å². The number of rotatable bonds is 3. The van der Waals surface area contributed by atoms with Crippen LogP contribution in [0.15, 0.2) is 41.0 Å². The summed E-state index contributed by atoms with van der Waals surface area (Å²) in [5.41, 5.74) is -0.443. The predicted octanol–water partition coefficient (Wildman–Crippen LogP) is 3.81. The molecule has 0 spiro atoms. The van der Waals surface area contributed by atoms with E-state index in [2.05, 4.69) is 26.2 Å². The van der Waals surface area contributed by atoms with Gasteiger partial charge in [-0.15, -0.1) is 0 Å². The SMILES string of the molecule is O=C(Nc1c(F)cccc1F)N1CC[C@H](Oc2ccc(Br)cn2)C1. The summed E-state index contributed by atoms with van der Waals surface area (Å²) in [5, 5.41) is 2.27. The van der Waals surface area contributed by atoms with Gasteiger partial charge >= 0.3 is 6.03 Å². The van der Waals surface area contributed by atoms with Crippen LogP contribution < -0.4 is 10.1 Å². The van der Waals surface area contributed by atoms with Gasteiger partial charge in [0.25, 0.3) is 0 Å². The predicted molar refractivity (Wildman–Crippen MR) is 87.9 cm³/mol. The molecule has 0 bridgehead atoms. The summed E-state index contributed by atoms with van der Waals surface area (Å²) in [4.78, 5) is 17.7. The summed E-state index contributed by atoms with van der Waals surface area (Å²) >= 11 is 3.29. The van der Waals surface area contributed by atoms with Gasteiger partial charge in [-0.2, -0.15) is 0 Å². The Morgan fingerprint density at radius 2 is 2.04 bits per heavy atom. The zero-order valence-electron chi connectivity index (χ0n) is 12.5. The molecule has 0 aliphatic carbocycles. The molecule has 3 rings (SSSR count). The molecule has 24 heavy (non-hydrogen) atoms. The van der Waals surface area contributed by atoms with Gasteiger partial charge in [0, 0.05) is 29.7 Å². The van der Waals surface area contributed by atoms with E-state index in [0.29, 0.717) is 25.4 Å². The van der Waals surface area contributed by atoms with Crippen LogP contribution >= 0.6 is 15.9 Å². The van der Waals surface area contributed by atoms with Crippen molar-refractivity contribution in [3.05, 3.63) is 52.6 Å². The number of hydrogen-bond donors (Lipinski definition) is 1. The summed E-state index contributed by atoms with van der Waals surface area (Å²) < 4.78 is 33.7. The summed E-state index contributed by atoms with van der Waals surface area (Å²) in [7, 11) is 0. The average molecular weight is 398 g/mol. The second-order valence-corrected chi connectivity index (χ2v) is 6.23. The van der Waals surface area contributed by atoms with Crippen LogP contribution in [0.25, 0.3) is 0 Å². The molecule has 2 aromatic rings. The number of carbonyl (C=O) groups excluding carboxylic acids is 1. The number of nitrogens with one attached hydrogen (secondary N) is 1. The Morgan fingerprint density at radius 1 is 1.29 bits per heavy atom. The van der Waals surface area contributed by atoms with E-state index < -0.39 is 23.4 Å². The lowest BCUT2D eigenvalue weighted by atomic mass is 10.3. The molecule has 2 heterocycles. The third kappa shape index (κ3) is 3.81. The fourth-order valence-corrected chi connectivity index (χ4v) is 2.65. The minimum absolute atomic E-state index is 0.213. The van der Waals surface area contributed by atoms with E-state index in [9.17, 15) is 13.6 Å². The van der Waals surface area contributed by atoms with Crippen molar-refractivity contribution in [2.75, 3.05) is 18.4 Å². The zero-order chi connectivity index (χ0) is 17.1. The molecule has 0 saturated carbocycles. The Hall–Kier alpha value is -2.22. The maximum absolute atomic E-state index is 13.6. The minimum Gasteiger partial charge on any atom is -0.472 e. The van der Waals surface area contributed by atoms with E-state index in [0.717, 1.165) is 16.6 Å². The molecule has 1 aliphatic heterocycles. The second-order valence-electron chi connectivity index (χ2n) is 5.32. The molecule has 8 heteroatoms. The van der Waals surface area contributed by atoms with Crippen molar-refractivity contribution in [3.63, 3.8) is 0 Å². The topological polar surface area (TPSA) is 54.5 Å². The van der Waals surface area contributed by atoms with Crippen molar-refractivity contribution in [2.45, 2.75) is 12.5 Å². The number of likely N-dealkylation sites (tertiary alicyclic amines) is 1. The smallest absolute Gasteiger partial charge is 0.322 e. The second kappa shape index (κ2) is 7.12.